The van der Waals surface area contributed by atoms with E-state index in [9.17, 15) is 0 Å². The van der Waals surface area contributed by atoms with Crippen molar-refractivity contribution in [3.8, 4) is 5.75 Å². The maximum Gasteiger partial charge on any atom is 0.119 e. The predicted molar refractivity (Wildman–Crippen MR) is 80.3 cm³/mol. The minimum atomic E-state index is 0.417. The predicted octanol–water partition coefficient (Wildman–Crippen LogP) is 2.42. The average Bonchev–Trinajstić information content (AvgIpc) is 3.12. The van der Waals surface area contributed by atoms with Gasteiger partial charge in [-0.3, -0.25) is 0 Å². The zero-order valence-corrected chi connectivity index (χ0v) is 12.0. The molecule has 0 saturated carbocycles. The maximum absolute atomic E-state index is 5.60. The summed E-state index contributed by atoms with van der Waals surface area (Å²) in [6.45, 7) is 3.83. The van der Waals surface area contributed by atoms with Crippen molar-refractivity contribution in [1.82, 2.24) is 9.88 Å². The van der Waals surface area contributed by atoms with Gasteiger partial charge in [-0.05, 0) is 37.1 Å². The lowest BCUT2D eigenvalue weighted by molar-refractivity contribution is 0.110. The molecule has 0 amide bonds. The Bertz CT molecular complexity index is 559. The zero-order valence-electron chi connectivity index (χ0n) is 12.0. The van der Waals surface area contributed by atoms with Crippen molar-refractivity contribution in [1.29, 1.82) is 0 Å². The first kappa shape index (κ1) is 13.5. The van der Waals surface area contributed by atoms with Gasteiger partial charge in [0.15, 0.2) is 0 Å². The van der Waals surface area contributed by atoms with Gasteiger partial charge < -0.3 is 19.4 Å². The van der Waals surface area contributed by atoms with E-state index in [-0.39, 0.29) is 0 Å². The molecule has 0 aliphatic carbocycles. The quantitative estimate of drug-likeness (QED) is 0.822. The molecule has 108 valence electrons. The van der Waals surface area contributed by atoms with Gasteiger partial charge in [0.1, 0.15) is 5.75 Å². The number of nitrogens with one attached hydrogen (secondary N) is 1. The highest BCUT2D eigenvalue weighted by atomic mass is 16.5. The molecule has 3 rings (SSSR count). The number of fused-ring (bicyclic) bond motifs is 1. The number of nitrogens with zero attached hydrogens (tertiary/aromatic N) is 1. The van der Waals surface area contributed by atoms with Crippen molar-refractivity contribution < 1.29 is 9.47 Å². The first-order valence-corrected chi connectivity index (χ1v) is 7.32. The first-order chi connectivity index (χ1) is 9.86. The topological polar surface area (TPSA) is 35.4 Å². The second kappa shape index (κ2) is 6.29. The fourth-order valence-corrected chi connectivity index (χ4v) is 2.77. The summed E-state index contributed by atoms with van der Waals surface area (Å²) < 4.78 is 13.1. The molecule has 1 aromatic carbocycles. The van der Waals surface area contributed by atoms with Crippen molar-refractivity contribution in [3.63, 3.8) is 0 Å². The third kappa shape index (κ3) is 2.97. The number of hydrogen-bond donors (Lipinski definition) is 1. The lowest BCUT2D eigenvalue weighted by Crippen LogP contribution is -2.28. The largest absolute Gasteiger partial charge is 0.497 e. The Labute approximate surface area is 119 Å². The molecule has 1 aliphatic heterocycles. The monoisotopic (exact) mass is 274 g/mol. The molecule has 2 heterocycles. The fourth-order valence-electron chi connectivity index (χ4n) is 2.77. The third-order valence-corrected chi connectivity index (χ3v) is 3.90. The highest BCUT2D eigenvalue weighted by molar-refractivity contribution is 5.81. The minimum absolute atomic E-state index is 0.417. The van der Waals surface area contributed by atoms with Crippen LogP contribution in [-0.2, 0) is 11.3 Å². The summed E-state index contributed by atoms with van der Waals surface area (Å²) in [6.07, 6.45) is 4.95. The van der Waals surface area contributed by atoms with Crippen LogP contribution in [0.4, 0.5) is 0 Å². The molecule has 1 saturated heterocycles. The molecular formula is C16H22N2O2. The van der Waals surface area contributed by atoms with Gasteiger partial charge in [-0.15, -0.1) is 0 Å². The van der Waals surface area contributed by atoms with E-state index < -0.39 is 0 Å². The molecule has 0 spiro atoms. The molecule has 1 N–H and O–H groups in total. The summed E-state index contributed by atoms with van der Waals surface area (Å²) in [5.41, 5.74) is 1.25. The summed E-state index contributed by atoms with van der Waals surface area (Å²) >= 11 is 0. The second-order valence-electron chi connectivity index (χ2n) is 5.27. The molecule has 20 heavy (non-hydrogen) atoms. The standard InChI is InChI=1S/C16H22N2O2/c1-19-14-4-5-16-13(11-14)6-8-18(16)9-7-17-12-15-3-2-10-20-15/h4-6,8,11,15,17H,2-3,7,9-10,12H2,1H3. The summed E-state index contributed by atoms with van der Waals surface area (Å²) in [5, 5.41) is 4.71. The summed E-state index contributed by atoms with van der Waals surface area (Å²) in [7, 11) is 1.70. The van der Waals surface area contributed by atoms with Gasteiger partial charge in [0.05, 0.1) is 13.2 Å². The Morgan fingerprint density at radius 3 is 3.15 bits per heavy atom. The minimum Gasteiger partial charge on any atom is -0.497 e. The molecule has 1 fully saturated rings. The molecule has 0 bridgehead atoms. The first-order valence-electron chi connectivity index (χ1n) is 7.32. The molecule has 1 unspecified atom stereocenters. The molecule has 4 nitrogen and oxygen atoms in total. The van der Waals surface area contributed by atoms with Crippen molar-refractivity contribution >= 4 is 10.9 Å². The van der Waals surface area contributed by atoms with Gasteiger partial charge in [0.25, 0.3) is 0 Å². The van der Waals surface area contributed by atoms with Crippen LogP contribution in [0.2, 0.25) is 0 Å². The fraction of sp³-hybridized carbons (Fsp3) is 0.500. The smallest absolute Gasteiger partial charge is 0.119 e. The van der Waals surface area contributed by atoms with E-state index in [1.165, 1.54) is 23.7 Å². The van der Waals surface area contributed by atoms with Crippen LogP contribution >= 0.6 is 0 Å². The lowest BCUT2D eigenvalue weighted by atomic mass is 10.2. The van der Waals surface area contributed by atoms with Crippen LogP contribution in [0.1, 0.15) is 12.8 Å². The Morgan fingerprint density at radius 2 is 2.35 bits per heavy atom. The van der Waals surface area contributed by atoms with E-state index in [0.29, 0.717) is 6.10 Å². The summed E-state index contributed by atoms with van der Waals surface area (Å²) in [6, 6.07) is 8.34. The number of hydrogen-bond acceptors (Lipinski definition) is 3. The van der Waals surface area contributed by atoms with Crippen molar-refractivity contribution in [2.75, 3.05) is 26.8 Å². The molecule has 1 atom stereocenters. The highest BCUT2D eigenvalue weighted by Gasteiger charge is 2.14. The van der Waals surface area contributed by atoms with Gasteiger partial charge in [-0.2, -0.15) is 0 Å². The Kier molecular flexibility index (Phi) is 4.23. The van der Waals surface area contributed by atoms with Gasteiger partial charge in [-0.25, -0.2) is 0 Å². The summed E-state index contributed by atoms with van der Waals surface area (Å²) in [4.78, 5) is 0. The van der Waals surface area contributed by atoms with Crippen molar-refractivity contribution in [2.45, 2.75) is 25.5 Å². The van der Waals surface area contributed by atoms with E-state index in [1.807, 2.05) is 6.07 Å². The van der Waals surface area contributed by atoms with Crippen molar-refractivity contribution in [3.05, 3.63) is 30.5 Å². The number of ether oxygens (including phenoxy) is 2. The van der Waals surface area contributed by atoms with E-state index in [4.69, 9.17) is 9.47 Å². The van der Waals surface area contributed by atoms with Gasteiger partial charge in [0.2, 0.25) is 0 Å². The van der Waals surface area contributed by atoms with E-state index in [1.54, 1.807) is 7.11 Å². The van der Waals surface area contributed by atoms with E-state index in [2.05, 4.69) is 34.3 Å². The molecule has 2 aromatic rings. The molecule has 1 aromatic heterocycles. The number of rotatable bonds is 6. The normalized spacial score (nSPS) is 18.8. The highest BCUT2D eigenvalue weighted by Crippen LogP contribution is 2.21. The number of aromatic nitrogens is 1. The number of benzene rings is 1. The molecule has 1 aliphatic rings. The summed E-state index contributed by atoms with van der Waals surface area (Å²) in [5.74, 6) is 0.909. The van der Waals surface area contributed by atoms with Crippen LogP contribution in [0, 0.1) is 0 Å². The van der Waals surface area contributed by atoms with E-state index in [0.717, 1.165) is 32.0 Å². The maximum atomic E-state index is 5.60. The van der Waals surface area contributed by atoms with Gasteiger partial charge in [0, 0.05) is 43.3 Å². The van der Waals surface area contributed by atoms with E-state index >= 15 is 0 Å². The van der Waals surface area contributed by atoms with Crippen LogP contribution in [0.5, 0.6) is 5.75 Å². The Balaban J connectivity index is 1.54. The van der Waals surface area contributed by atoms with Gasteiger partial charge in [-0.1, -0.05) is 0 Å². The van der Waals surface area contributed by atoms with Crippen LogP contribution < -0.4 is 10.1 Å². The molecule has 0 radical (unpaired) electrons. The van der Waals surface area contributed by atoms with Crippen LogP contribution in [0.15, 0.2) is 30.5 Å². The van der Waals surface area contributed by atoms with Gasteiger partial charge >= 0.3 is 0 Å². The van der Waals surface area contributed by atoms with Crippen LogP contribution in [0.3, 0.4) is 0 Å². The third-order valence-electron chi connectivity index (χ3n) is 3.90. The Hall–Kier alpha value is -1.52. The van der Waals surface area contributed by atoms with Crippen molar-refractivity contribution in [2.24, 2.45) is 0 Å². The van der Waals surface area contributed by atoms with Crippen LogP contribution in [0.25, 0.3) is 10.9 Å². The zero-order chi connectivity index (χ0) is 13.8. The molecular weight excluding hydrogens is 252 g/mol. The Morgan fingerprint density at radius 1 is 1.40 bits per heavy atom. The lowest BCUT2D eigenvalue weighted by Gasteiger charge is -2.11. The average molecular weight is 274 g/mol. The SMILES string of the molecule is COc1ccc2c(ccn2CCNCC2CCCO2)c1. The second-order valence-corrected chi connectivity index (χ2v) is 5.27. The number of methoxy groups -OCH3 is 1. The van der Waals surface area contributed by atoms with Crippen LogP contribution in [-0.4, -0.2) is 37.5 Å². The molecule has 4 heteroatoms.